The Labute approximate surface area is 145 Å². The van der Waals surface area contributed by atoms with Crippen LogP contribution in [0.5, 0.6) is 0 Å². The molecule has 0 aromatic carbocycles. The van der Waals surface area contributed by atoms with Gasteiger partial charge in [-0.3, -0.25) is 0 Å². The van der Waals surface area contributed by atoms with E-state index in [-0.39, 0.29) is 25.2 Å². The van der Waals surface area contributed by atoms with Crippen molar-refractivity contribution in [1.29, 1.82) is 0 Å². The van der Waals surface area contributed by atoms with E-state index in [0.717, 1.165) is 25.9 Å². The Morgan fingerprint density at radius 3 is 2.88 bits per heavy atom. The van der Waals surface area contributed by atoms with E-state index >= 15 is 0 Å². The summed E-state index contributed by atoms with van der Waals surface area (Å²) in [4.78, 5) is 10.4. The lowest BCUT2D eigenvalue weighted by molar-refractivity contribution is -0.0140. The molecule has 0 saturated carbocycles. The van der Waals surface area contributed by atoms with Gasteiger partial charge in [-0.2, -0.15) is 4.98 Å². The summed E-state index contributed by atoms with van der Waals surface area (Å²) in [5, 5.41) is 3.36. The summed E-state index contributed by atoms with van der Waals surface area (Å²) < 4.78 is 33.4. The van der Waals surface area contributed by atoms with Crippen LogP contribution in [-0.2, 0) is 12.8 Å². The number of furan rings is 1. The van der Waals surface area contributed by atoms with Gasteiger partial charge in [-0.25, -0.2) is 13.8 Å². The number of halogens is 2. The predicted octanol–water partition coefficient (Wildman–Crippen LogP) is 2.75. The third kappa shape index (κ3) is 3.84. The highest BCUT2D eigenvalue weighted by Gasteiger charge is 2.38. The van der Waals surface area contributed by atoms with Crippen molar-refractivity contribution in [2.45, 2.75) is 45.0 Å². The van der Waals surface area contributed by atoms with Crippen molar-refractivity contribution in [2.24, 2.45) is 0 Å². The molecule has 6 nitrogen and oxygen atoms in total. The second-order valence-electron chi connectivity index (χ2n) is 6.64. The number of nitrogens with one attached hydrogen (secondary N) is 1. The number of fused-ring (bicyclic) bond motifs is 3. The van der Waals surface area contributed by atoms with Crippen LogP contribution in [0.2, 0.25) is 0 Å². The van der Waals surface area contributed by atoms with Gasteiger partial charge in [0.05, 0.1) is 0 Å². The molecule has 2 aromatic rings. The lowest BCUT2D eigenvalue weighted by Crippen LogP contribution is -2.30. The van der Waals surface area contributed by atoms with Gasteiger partial charge in [0.2, 0.25) is 5.95 Å². The number of nitrogens with zero attached hydrogens (tertiary/aromatic N) is 3. The first-order valence-electron chi connectivity index (χ1n) is 8.78. The van der Waals surface area contributed by atoms with Crippen molar-refractivity contribution in [3.05, 3.63) is 11.3 Å². The molecule has 3 rings (SSSR count). The normalized spacial score (nSPS) is 16.2. The third-order valence-corrected chi connectivity index (χ3v) is 4.56. The number of unbranched alkanes of at least 4 members (excludes halogenated alkanes) is 1. The maximum Gasteiger partial charge on any atom is 0.252 e. The SMILES string of the molecule is CCCCNCCN(C)c1nc(N)nc2c3c(oc12)CCC(F)(F)C3. The number of likely N-dealkylation sites (N-methyl/N-ethyl adjacent to an activating group) is 1. The average Bonchev–Trinajstić information content (AvgIpc) is 2.90. The second kappa shape index (κ2) is 7.11. The average molecular weight is 353 g/mol. The van der Waals surface area contributed by atoms with E-state index in [0.29, 0.717) is 34.8 Å². The van der Waals surface area contributed by atoms with Crippen LogP contribution >= 0.6 is 0 Å². The van der Waals surface area contributed by atoms with Crippen LogP contribution in [-0.4, -0.2) is 42.6 Å². The van der Waals surface area contributed by atoms with E-state index < -0.39 is 5.92 Å². The topological polar surface area (TPSA) is 80.2 Å². The van der Waals surface area contributed by atoms with E-state index in [4.69, 9.17) is 10.2 Å². The molecule has 2 heterocycles. The minimum absolute atomic E-state index is 0.0748. The summed E-state index contributed by atoms with van der Waals surface area (Å²) in [5.74, 6) is -1.52. The zero-order valence-corrected chi connectivity index (χ0v) is 14.7. The fourth-order valence-corrected chi connectivity index (χ4v) is 3.14. The number of aromatic nitrogens is 2. The Hall–Kier alpha value is -1.96. The first-order valence-corrected chi connectivity index (χ1v) is 8.78. The van der Waals surface area contributed by atoms with E-state index in [1.54, 1.807) is 0 Å². The number of alkyl halides is 2. The molecule has 0 amide bonds. The van der Waals surface area contributed by atoms with Gasteiger partial charge in [0.15, 0.2) is 11.4 Å². The fraction of sp³-hybridized carbons (Fsp3) is 0.647. The molecule has 3 N–H and O–H groups in total. The molecule has 0 fully saturated rings. The van der Waals surface area contributed by atoms with E-state index in [1.807, 2.05) is 11.9 Å². The zero-order chi connectivity index (χ0) is 18.0. The Balaban J connectivity index is 1.85. The van der Waals surface area contributed by atoms with Crippen molar-refractivity contribution in [3.63, 3.8) is 0 Å². The van der Waals surface area contributed by atoms with Crippen molar-refractivity contribution < 1.29 is 13.2 Å². The molecule has 0 bridgehead atoms. The molecule has 2 aromatic heterocycles. The number of aryl methyl sites for hydroxylation is 1. The second-order valence-corrected chi connectivity index (χ2v) is 6.64. The van der Waals surface area contributed by atoms with Crippen molar-refractivity contribution in [3.8, 4) is 0 Å². The number of hydrogen-bond donors (Lipinski definition) is 2. The lowest BCUT2D eigenvalue weighted by Gasteiger charge is -2.20. The Kier molecular flexibility index (Phi) is 5.08. The molecule has 0 radical (unpaired) electrons. The number of hydrogen-bond acceptors (Lipinski definition) is 6. The highest BCUT2D eigenvalue weighted by Crippen LogP contribution is 2.40. The molecule has 0 unspecified atom stereocenters. The fourth-order valence-electron chi connectivity index (χ4n) is 3.14. The smallest absolute Gasteiger partial charge is 0.252 e. The van der Waals surface area contributed by atoms with Gasteiger partial charge in [0, 0.05) is 45.0 Å². The van der Waals surface area contributed by atoms with Crippen molar-refractivity contribution in [1.82, 2.24) is 15.3 Å². The highest BCUT2D eigenvalue weighted by molar-refractivity contribution is 5.88. The standard InChI is InChI=1S/C17H25F2N5O/c1-3-4-7-21-8-9-24(2)15-14-13(22-16(20)23-15)11-10-17(18,19)6-5-12(11)25-14/h21H,3-10H2,1-2H3,(H2,20,22,23). The predicted molar refractivity (Wildman–Crippen MR) is 94.2 cm³/mol. The molecule has 8 heteroatoms. The van der Waals surface area contributed by atoms with E-state index in [1.165, 1.54) is 0 Å². The van der Waals surface area contributed by atoms with Crippen LogP contribution in [0.15, 0.2) is 4.42 Å². The van der Waals surface area contributed by atoms with Gasteiger partial charge in [-0.15, -0.1) is 0 Å². The zero-order valence-electron chi connectivity index (χ0n) is 14.7. The minimum Gasteiger partial charge on any atom is -0.455 e. The number of nitrogen functional groups attached to an aromatic ring is 1. The summed E-state index contributed by atoms with van der Waals surface area (Å²) in [5.41, 5.74) is 7.16. The Morgan fingerprint density at radius 1 is 1.32 bits per heavy atom. The van der Waals surface area contributed by atoms with Crippen LogP contribution in [0.25, 0.3) is 11.1 Å². The molecule has 25 heavy (non-hydrogen) atoms. The van der Waals surface area contributed by atoms with Crippen LogP contribution in [0.3, 0.4) is 0 Å². The molecular formula is C17H25F2N5O. The van der Waals surface area contributed by atoms with Crippen LogP contribution < -0.4 is 16.0 Å². The Morgan fingerprint density at radius 2 is 2.12 bits per heavy atom. The van der Waals surface area contributed by atoms with Gasteiger partial charge in [-0.05, 0) is 13.0 Å². The number of anilines is 2. The molecule has 1 aliphatic carbocycles. The van der Waals surface area contributed by atoms with Crippen LogP contribution in [0, 0.1) is 0 Å². The molecule has 138 valence electrons. The summed E-state index contributed by atoms with van der Waals surface area (Å²) >= 11 is 0. The summed E-state index contributed by atoms with van der Waals surface area (Å²) in [6.07, 6.45) is 1.94. The van der Waals surface area contributed by atoms with Gasteiger partial charge >= 0.3 is 0 Å². The van der Waals surface area contributed by atoms with Gasteiger partial charge in [-0.1, -0.05) is 13.3 Å². The maximum atomic E-state index is 13.8. The monoisotopic (exact) mass is 353 g/mol. The molecular weight excluding hydrogens is 328 g/mol. The largest absolute Gasteiger partial charge is 0.455 e. The number of rotatable bonds is 7. The summed E-state index contributed by atoms with van der Waals surface area (Å²) in [6, 6.07) is 0. The van der Waals surface area contributed by atoms with Gasteiger partial charge < -0.3 is 20.4 Å². The molecule has 0 saturated heterocycles. The first kappa shape index (κ1) is 17.8. The lowest BCUT2D eigenvalue weighted by atomic mass is 9.94. The maximum absolute atomic E-state index is 13.8. The van der Waals surface area contributed by atoms with Crippen LogP contribution in [0.4, 0.5) is 20.5 Å². The molecule has 0 atom stereocenters. The highest BCUT2D eigenvalue weighted by atomic mass is 19.3. The van der Waals surface area contributed by atoms with E-state index in [9.17, 15) is 8.78 Å². The summed E-state index contributed by atoms with van der Waals surface area (Å²) in [7, 11) is 1.89. The molecule has 1 aliphatic rings. The third-order valence-electron chi connectivity index (χ3n) is 4.56. The quantitative estimate of drug-likeness (QED) is 0.745. The van der Waals surface area contributed by atoms with Crippen molar-refractivity contribution >= 4 is 22.9 Å². The molecule has 0 spiro atoms. The van der Waals surface area contributed by atoms with Gasteiger partial charge in [0.1, 0.15) is 11.3 Å². The van der Waals surface area contributed by atoms with Gasteiger partial charge in [0.25, 0.3) is 5.92 Å². The number of nitrogens with two attached hydrogens (primary N) is 1. The summed E-state index contributed by atoms with van der Waals surface area (Å²) in [6.45, 7) is 4.61. The molecule has 0 aliphatic heterocycles. The van der Waals surface area contributed by atoms with E-state index in [2.05, 4.69) is 22.2 Å². The minimum atomic E-state index is -2.72. The Bertz CT molecular complexity index is 746. The van der Waals surface area contributed by atoms with Crippen molar-refractivity contribution in [2.75, 3.05) is 37.3 Å². The van der Waals surface area contributed by atoms with Crippen LogP contribution in [0.1, 0.15) is 37.5 Å². The first-order chi connectivity index (χ1) is 11.9.